The molecule has 0 N–H and O–H groups in total. The fourth-order valence-corrected chi connectivity index (χ4v) is 20.2. The highest BCUT2D eigenvalue weighted by molar-refractivity contribution is 7.26. The van der Waals surface area contributed by atoms with Gasteiger partial charge in [-0.3, -0.25) is 0 Å². The highest BCUT2D eigenvalue weighted by Crippen LogP contribution is 2.50. The van der Waals surface area contributed by atoms with E-state index < -0.39 is 0 Å². The maximum atomic E-state index is 7.67. The number of rotatable bonds is 11. The average molecular weight is 1580 g/mol. The minimum Gasteiger partial charge on any atom is -0.456 e. The number of hydrogen-bond donors (Lipinski definition) is 0. The van der Waals surface area contributed by atoms with Gasteiger partial charge in [0.15, 0.2) is 46.1 Å². The molecule has 11 nitrogen and oxygen atoms in total. The van der Waals surface area contributed by atoms with Gasteiger partial charge in [0.2, 0.25) is 0 Å². The van der Waals surface area contributed by atoms with Gasteiger partial charge in [0.25, 0.3) is 0 Å². The van der Waals surface area contributed by atoms with E-state index in [1.54, 1.807) is 11.3 Å². The standard InChI is InChI=1S/C110H62N8O3S/c1-3-24-63(25-4-1)65-30-21-32-70(56-65)105-112-108(82-41-23-47-99-100(82)81-39-15-20-46-98(81)122-99)116-110(113-105)84-53-55-91(117-88-42-16-11-34-74(88)86-57-66-28-7-8-29-67(66)58-92(86)117)104-102(84)80-51-48-69(60-97(80)121-104)73-40-22-31-68-59-93-87(62-85(68)73)75-35-12-17-43-89(75)118(93)90-54-52-83(101-79-38-14-19-45-95(79)120-103(90)101)109-114-106(71-49-50-77-76-36-13-18-44-94(76)119-96(77)61-71)111-107(115-109)78-37-10-9-33-72(78)64-26-5-2-6-27-64/h1-62H. The molecule has 0 saturated carbocycles. The number of fused-ring (bicyclic) bond motifs is 20. The molecule has 8 aromatic heterocycles. The van der Waals surface area contributed by atoms with Gasteiger partial charge in [0, 0.05) is 107 Å². The quantitative estimate of drug-likeness (QED) is 0.124. The zero-order valence-corrected chi connectivity index (χ0v) is 65.8. The summed E-state index contributed by atoms with van der Waals surface area (Å²) in [6.07, 6.45) is 0. The van der Waals surface area contributed by atoms with Crippen LogP contribution in [0, 0.1) is 0 Å². The van der Waals surface area contributed by atoms with Gasteiger partial charge in [-0.05, 0) is 170 Å². The molecule has 0 aliphatic rings. The van der Waals surface area contributed by atoms with Crippen molar-refractivity contribution in [2.24, 2.45) is 0 Å². The van der Waals surface area contributed by atoms with Gasteiger partial charge in [-0.1, -0.05) is 261 Å². The summed E-state index contributed by atoms with van der Waals surface area (Å²) < 4.78 is 28.5. The van der Waals surface area contributed by atoms with Crippen LogP contribution in [0.3, 0.4) is 0 Å². The van der Waals surface area contributed by atoms with Gasteiger partial charge in [-0.15, -0.1) is 11.3 Å². The summed E-state index contributed by atoms with van der Waals surface area (Å²) in [6, 6.07) is 133. The first-order valence-corrected chi connectivity index (χ1v) is 41.8. The maximum absolute atomic E-state index is 7.67. The Morgan fingerprint density at radius 3 is 1.34 bits per heavy atom. The first-order valence-electron chi connectivity index (χ1n) is 40.9. The maximum Gasteiger partial charge on any atom is 0.164 e. The topological polar surface area (TPSA) is 127 Å². The molecule has 0 unspecified atom stereocenters. The van der Waals surface area contributed by atoms with Crippen LogP contribution < -0.4 is 0 Å². The van der Waals surface area contributed by atoms with E-state index in [2.05, 4.69) is 337 Å². The number of para-hydroxylation sites is 4. The molecule has 0 spiro atoms. The Kier molecular flexibility index (Phi) is 14.8. The fraction of sp³-hybridized carbons (Fsp3) is 0. The third kappa shape index (κ3) is 10.5. The molecule has 18 aromatic carbocycles. The number of benzene rings is 18. The lowest BCUT2D eigenvalue weighted by Gasteiger charge is -2.14. The third-order valence-electron chi connectivity index (χ3n) is 24.6. The van der Waals surface area contributed by atoms with Crippen molar-refractivity contribution in [3.8, 4) is 113 Å². The number of hydrogen-bond acceptors (Lipinski definition) is 10. The zero-order chi connectivity index (χ0) is 79.8. The summed E-state index contributed by atoms with van der Waals surface area (Å²) in [6.45, 7) is 0. The van der Waals surface area contributed by atoms with Gasteiger partial charge in [0.05, 0.1) is 33.4 Å². The Labute approximate surface area is 699 Å². The molecule has 0 saturated heterocycles. The highest BCUT2D eigenvalue weighted by Gasteiger charge is 2.29. The van der Waals surface area contributed by atoms with Crippen molar-refractivity contribution < 1.29 is 13.3 Å². The molecule has 0 atom stereocenters. The van der Waals surface area contributed by atoms with Crippen LogP contribution in [0.25, 0.3) is 264 Å². The van der Waals surface area contributed by atoms with E-state index in [1.807, 2.05) is 48.5 Å². The van der Waals surface area contributed by atoms with Gasteiger partial charge >= 0.3 is 0 Å². The predicted molar refractivity (Wildman–Crippen MR) is 501 cm³/mol. The largest absolute Gasteiger partial charge is 0.456 e. The molecule has 0 bridgehead atoms. The lowest BCUT2D eigenvalue weighted by Crippen LogP contribution is -2.02. The van der Waals surface area contributed by atoms with Crippen LogP contribution in [-0.4, -0.2) is 39.0 Å². The van der Waals surface area contributed by atoms with Crippen molar-refractivity contribution >= 4 is 162 Å². The first kappa shape index (κ1) is 67.8. The normalized spacial score (nSPS) is 12.1. The van der Waals surface area contributed by atoms with E-state index in [-0.39, 0.29) is 0 Å². The second-order valence-electron chi connectivity index (χ2n) is 31.5. The fourth-order valence-electron chi connectivity index (χ4n) is 19.1. The first-order chi connectivity index (χ1) is 60.4. The van der Waals surface area contributed by atoms with Gasteiger partial charge < -0.3 is 22.4 Å². The van der Waals surface area contributed by atoms with Crippen LogP contribution in [0.5, 0.6) is 0 Å². The van der Waals surface area contributed by atoms with E-state index >= 15 is 0 Å². The molecule has 122 heavy (non-hydrogen) atoms. The van der Waals surface area contributed by atoms with Gasteiger partial charge in [-0.25, -0.2) is 29.9 Å². The molecule has 0 fully saturated rings. The SMILES string of the molecule is c1ccc(-c2cccc(-c3nc(-c4cccc5sc6ccccc6c45)nc(-c4ccc(-n5c6ccccc6c6cc7ccccc7cc65)c5oc6cc(-c7cccc8cc9c(cc78)c7ccccc7n9-c7ccc(-c8nc(-c9ccc%10c(c9)oc9ccccc9%10)nc(-c9ccccc9-c9ccccc9)n8)c8c7oc7ccccc78)ccc6c45)n3)c2)cc1. The van der Waals surface area contributed by atoms with Crippen molar-refractivity contribution in [1.82, 2.24) is 39.0 Å². The van der Waals surface area contributed by atoms with Crippen LogP contribution in [0.2, 0.25) is 0 Å². The van der Waals surface area contributed by atoms with Crippen LogP contribution in [0.15, 0.2) is 389 Å². The smallest absolute Gasteiger partial charge is 0.164 e. The predicted octanol–water partition coefficient (Wildman–Crippen LogP) is 29.6. The summed E-state index contributed by atoms with van der Waals surface area (Å²) in [5, 5.41) is 16.9. The molecule has 0 aliphatic carbocycles. The molecule has 12 heteroatoms. The Bertz CT molecular complexity index is 8940. The molecule has 0 aliphatic heterocycles. The Morgan fingerprint density at radius 1 is 0.197 bits per heavy atom. The minimum atomic E-state index is 0.504. The summed E-state index contributed by atoms with van der Waals surface area (Å²) in [7, 11) is 0. The second-order valence-corrected chi connectivity index (χ2v) is 32.5. The molecule has 8 heterocycles. The average Bonchev–Trinajstić information content (AvgIpc) is 1.56. The Balaban J connectivity index is 0.663. The van der Waals surface area contributed by atoms with Gasteiger partial charge in [0.1, 0.15) is 22.3 Å². The van der Waals surface area contributed by atoms with E-state index in [0.29, 0.717) is 46.1 Å². The minimum absolute atomic E-state index is 0.504. The summed E-state index contributed by atoms with van der Waals surface area (Å²) in [4.78, 5) is 33.1. The molecular formula is C110H62N8O3S. The van der Waals surface area contributed by atoms with E-state index in [0.717, 1.165) is 208 Å². The zero-order valence-electron chi connectivity index (χ0n) is 65.0. The van der Waals surface area contributed by atoms with E-state index in [1.165, 1.54) is 10.1 Å². The number of thiophene rings is 1. The van der Waals surface area contributed by atoms with Crippen LogP contribution >= 0.6 is 11.3 Å². The van der Waals surface area contributed by atoms with Crippen molar-refractivity contribution in [2.45, 2.75) is 0 Å². The van der Waals surface area contributed by atoms with Crippen molar-refractivity contribution in [1.29, 1.82) is 0 Å². The monoisotopic (exact) mass is 1570 g/mol. The molecule has 26 aromatic rings. The van der Waals surface area contributed by atoms with E-state index in [9.17, 15) is 0 Å². The summed E-state index contributed by atoms with van der Waals surface area (Å²) >= 11 is 1.78. The molecule has 26 rings (SSSR count). The van der Waals surface area contributed by atoms with Gasteiger partial charge in [-0.2, -0.15) is 0 Å². The van der Waals surface area contributed by atoms with Crippen molar-refractivity contribution in [2.75, 3.05) is 0 Å². The molecule has 566 valence electrons. The molecule has 0 radical (unpaired) electrons. The second kappa shape index (κ2) is 26.6. The number of aromatic nitrogens is 8. The summed E-state index contributed by atoms with van der Waals surface area (Å²) in [5.41, 5.74) is 21.8. The molecule has 0 amide bonds. The lowest BCUT2D eigenvalue weighted by atomic mass is 9.95. The number of furan rings is 3. The van der Waals surface area contributed by atoms with Crippen LogP contribution in [0.1, 0.15) is 0 Å². The van der Waals surface area contributed by atoms with Crippen LogP contribution in [0.4, 0.5) is 0 Å². The van der Waals surface area contributed by atoms with Crippen molar-refractivity contribution in [3.05, 3.63) is 376 Å². The Hall–Kier alpha value is -16.3. The van der Waals surface area contributed by atoms with E-state index in [4.69, 9.17) is 43.2 Å². The number of nitrogens with zero attached hydrogens (tertiary/aromatic N) is 8. The molecular weight excluding hydrogens is 1510 g/mol. The van der Waals surface area contributed by atoms with Crippen LogP contribution in [-0.2, 0) is 0 Å². The lowest BCUT2D eigenvalue weighted by molar-refractivity contribution is 0.666. The highest BCUT2D eigenvalue weighted by atomic mass is 32.1. The Morgan fingerprint density at radius 2 is 0.631 bits per heavy atom. The third-order valence-corrected chi connectivity index (χ3v) is 25.8. The van der Waals surface area contributed by atoms with Crippen molar-refractivity contribution in [3.63, 3.8) is 0 Å². The summed E-state index contributed by atoms with van der Waals surface area (Å²) in [5.74, 6) is 3.22.